The lowest BCUT2D eigenvalue weighted by atomic mass is 9.99. The SMILES string of the molecule is Cc1ccc2c(c1)CCCN2C(=O)CCC(=O)N1CC(=O)Nc2ccccc21. The van der Waals surface area contributed by atoms with Crippen LogP contribution in [0.2, 0.25) is 0 Å². The monoisotopic (exact) mass is 377 g/mol. The first-order valence-electron chi connectivity index (χ1n) is 9.62. The van der Waals surface area contributed by atoms with Gasteiger partial charge in [0.2, 0.25) is 17.7 Å². The van der Waals surface area contributed by atoms with Gasteiger partial charge in [0.1, 0.15) is 6.54 Å². The summed E-state index contributed by atoms with van der Waals surface area (Å²) in [7, 11) is 0. The smallest absolute Gasteiger partial charge is 0.244 e. The predicted octanol–water partition coefficient (Wildman–Crippen LogP) is 3.04. The molecule has 2 aliphatic rings. The number of carbonyl (C=O) groups excluding carboxylic acids is 3. The van der Waals surface area contributed by atoms with Crippen molar-refractivity contribution in [3.63, 3.8) is 0 Å². The highest BCUT2D eigenvalue weighted by Gasteiger charge is 2.28. The average Bonchev–Trinajstić information content (AvgIpc) is 2.70. The predicted molar refractivity (Wildman–Crippen MR) is 109 cm³/mol. The van der Waals surface area contributed by atoms with E-state index < -0.39 is 0 Å². The van der Waals surface area contributed by atoms with Crippen molar-refractivity contribution >= 4 is 34.8 Å². The second-order valence-corrected chi connectivity index (χ2v) is 7.33. The van der Waals surface area contributed by atoms with Crippen molar-refractivity contribution in [1.29, 1.82) is 0 Å². The maximum absolute atomic E-state index is 12.8. The van der Waals surface area contributed by atoms with Crippen molar-refractivity contribution in [3.8, 4) is 0 Å². The minimum absolute atomic E-state index is 0.0180. The molecule has 0 unspecified atom stereocenters. The van der Waals surface area contributed by atoms with E-state index in [4.69, 9.17) is 0 Å². The van der Waals surface area contributed by atoms with Crippen molar-refractivity contribution in [2.24, 2.45) is 0 Å². The van der Waals surface area contributed by atoms with Crippen molar-refractivity contribution in [2.45, 2.75) is 32.6 Å². The van der Waals surface area contributed by atoms with E-state index in [2.05, 4.69) is 11.4 Å². The first-order chi connectivity index (χ1) is 13.5. The molecule has 0 saturated carbocycles. The Hall–Kier alpha value is -3.15. The third kappa shape index (κ3) is 3.50. The molecule has 0 atom stereocenters. The molecule has 2 aromatic carbocycles. The van der Waals surface area contributed by atoms with Crippen LogP contribution >= 0.6 is 0 Å². The van der Waals surface area contributed by atoms with E-state index in [1.165, 1.54) is 16.0 Å². The van der Waals surface area contributed by atoms with Crippen LogP contribution in [0.5, 0.6) is 0 Å². The highest BCUT2D eigenvalue weighted by molar-refractivity contribution is 6.10. The second-order valence-electron chi connectivity index (χ2n) is 7.33. The molecule has 0 spiro atoms. The maximum Gasteiger partial charge on any atom is 0.244 e. The van der Waals surface area contributed by atoms with Crippen LogP contribution < -0.4 is 15.1 Å². The Bertz CT molecular complexity index is 954. The molecule has 2 aliphatic heterocycles. The van der Waals surface area contributed by atoms with E-state index >= 15 is 0 Å². The fourth-order valence-corrected chi connectivity index (χ4v) is 3.92. The Labute approximate surface area is 164 Å². The van der Waals surface area contributed by atoms with Gasteiger partial charge in [-0.25, -0.2) is 0 Å². The summed E-state index contributed by atoms with van der Waals surface area (Å²) in [6.45, 7) is 2.71. The van der Waals surface area contributed by atoms with Gasteiger partial charge in [-0.05, 0) is 43.5 Å². The van der Waals surface area contributed by atoms with Gasteiger partial charge >= 0.3 is 0 Å². The van der Waals surface area contributed by atoms with Gasteiger partial charge in [-0.3, -0.25) is 14.4 Å². The number of amides is 3. The molecule has 1 N–H and O–H groups in total. The highest BCUT2D eigenvalue weighted by atomic mass is 16.2. The highest BCUT2D eigenvalue weighted by Crippen LogP contribution is 2.31. The molecule has 144 valence electrons. The Morgan fingerprint density at radius 3 is 2.57 bits per heavy atom. The zero-order valence-electron chi connectivity index (χ0n) is 15.9. The van der Waals surface area contributed by atoms with Crippen LogP contribution in [0.25, 0.3) is 0 Å². The van der Waals surface area contributed by atoms with Gasteiger partial charge in [-0.15, -0.1) is 0 Å². The molecule has 0 saturated heterocycles. The van der Waals surface area contributed by atoms with Gasteiger partial charge in [-0.2, -0.15) is 0 Å². The summed E-state index contributed by atoms with van der Waals surface area (Å²) in [6, 6.07) is 13.3. The molecule has 4 rings (SSSR count). The van der Waals surface area contributed by atoms with E-state index in [0.717, 1.165) is 18.5 Å². The standard InChI is InChI=1S/C22H23N3O3/c1-15-8-9-18-16(13-15)5-4-12-24(18)21(27)10-11-22(28)25-14-20(26)23-17-6-2-3-7-19(17)25/h2-3,6-9,13H,4-5,10-12,14H2,1H3,(H,23,26). The molecule has 2 heterocycles. The molecule has 0 aromatic heterocycles. The molecule has 0 radical (unpaired) electrons. The van der Waals surface area contributed by atoms with Gasteiger partial charge in [-0.1, -0.05) is 29.8 Å². The largest absolute Gasteiger partial charge is 0.323 e. The van der Waals surface area contributed by atoms with E-state index in [-0.39, 0.29) is 37.1 Å². The summed E-state index contributed by atoms with van der Waals surface area (Å²) >= 11 is 0. The number of rotatable bonds is 3. The van der Waals surface area contributed by atoms with E-state index in [0.29, 0.717) is 17.9 Å². The summed E-state index contributed by atoms with van der Waals surface area (Å²) in [5.74, 6) is -0.483. The molecular weight excluding hydrogens is 354 g/mol. The summed E-state index contributed by atoms with van der Waals surface area (Å²) in [5, 5.41) is 2.77. The van der Waals surface area contributed by atoms with Crippen molar-refractivity contribution in [3.05, 3.63) is 53.6 Å². The quantitative estimate of drug-likeness (QED) is 0.894. The van der Waals surface area contributed by atoms with Crippen molar-refractivity contribution in [1.82, 2.24) is 0 Å². The Balaban J connectivity index is 1.45. The Morgan fingerprint density at radius 1 is 1.00 bits per heavy atom. The number of benzene rings is 2. The maximum atomic E-state index is 12.8. The summed E-state index contributed by atoms with van der Waals surface area (Å²) < 4.78 is 0. The molecule has 0 fully saturated rings. The zero-order valence-corrected chi connectivity index (χ0v) is 15.9. The third-order valence-electron chi connectivity index (χ3n) is 5.28. The average molecular weight is 377 g/mol. The van der Waals surface area contributed by atoms with Crippen molar-refractivity contribution in [2.75, 3.05) is 28.2 Å². The Morgan fingerprint density at radius 2 is 1.75 bits per heavy atom. The molecule has 2 aromatic rings. The molecule has 3 amide bonds. The Kier molecular flexibility index (Phi) is 4.86. The van der Waals surface area contributed by atoms with Crippen molar-refractivity contribution < 1.29 is 14.4 Å². The van der Waals surface area contributed by atoms with E-state index in [1.807, 2.05) is 31.2 Å². The van der Waals surface area contributed by atoms with Gasteiger partial charge in [0.15, 0.2) is 0 Å². The van der Waals surface area contributed by atoms with E-state index in [9.17, 15) is 14.4 Å². The molecule has 28 heavy (non-hydrogen) atoms. The number of anilines is 3. The summed E-state index contributed by atoms with van der Waals surface area (Å²) in [6.07, 6.45) is 2.11. The molecule has 0 aliphatic carbocycles. The first-order valence-corrected chi connectivity index (χ1v) is 9.62. The topological polar surface area (TPSA) is 69.7 Å². The summed E-state index contributed by atoms with van der Waals surface area (Å²) in [4.78, 5) is 40.7. The van der Waals surface area contributed by atoms with Gasteiger partial charge in [0, 0.05) is 25.1 Å². The number of carbonyl (C=O) groups is 3. The minimum atomic E-state index is -0.223. The normalized spacial score (nSPS) is 15.5. The minimum Gasteiger partial charge on any atom is -0.323 e. The van der Waals surface area contributed by atoms with Crippen LogP contribution in [0, 0.1) is 6.92 Å². The lowest BCUT2D eigenvalue weighted by Crippen LogP contribution is -2.43. The number of hydrogen-bond acceptors (Lipinski definition) is 3. The van der Waals surface area contributed by atoms with Crippen LogP contribution in [0.1, 0.15) is 30.4 Å². The third-order valence-corrected chi connectivity index (χ3v) is 5.28. The lowest BCUT2D eigenvalue weighted by molar-refractivity contribution is -0.124. The molecule has 0 bridgehead atoms. The first kappa shape index (κ1) is 18.2. The lowest BCUT2D eigenvalue weighted by Gasteiger charge is -2.31. The van der Waals surface area contributed by atoms with Crippen LogP contribution in [0.4, 0.5) is 17.1 Å². The number of nitrogens with one attached hydrogen (secondary N) is 1. The number of fused-ring (bicyclic) bond motifs is 2. The van der Waals surface area contributed by atoms with Gasteiger partial charge in [0.25, 0.3) is 0 Å². The zero-order chi connectivity index (χ0) is 19.7. The number of hydrogen-bond donors (Lipinski definition) is 1. The number of aryl methyl sites for hydroxylation is 2. The van der Waals surface area contributed by atoms with Gasteiger partial charge < -0.3 is 15.1 Å². The fourth-order valence-electron chi connectivity index (χ4n) is 3.92. The number of para-hydroxylation sites is 2. The van der Waals surface area contributed by atoms with Gasteiger partial charge in [0.05, 0.1) is 11.4 Å². The van der Waals surface area contributed by atoms with Crippen LogP contribution in [0.15, 0.2) is 42.5 Å². The van der Waals surface area contributed by atoms with Crippen LogP contribution in [0.3, 0.4) is 0 Å². The number of nitrogens with zero attached hydrogens (tertiary/aromatic N) is 2. The van der Waals surface area contributed by atoms with E-state index in [1.54, 1.807) is 17.0 Å². The van der Waals surface area contributed by atoms with Crippen LogP contribution in [-0.2, 0) is 20.8 Å². The van der Waals surface area contributed by atoms with Crippen LogP contribution in [-0.4, -0.2) is 30.8 Å². The summed E-state index contributed by atoms with van der Waals surface area (Å²) in [5.41, 5.74) is 4.63. The molecule has 6 heteroatoms. The molecule has 6 nitrogen and oxygen atoms in total. The molecular formula is C22H23N3O3. The fraction of sp³-hybridized carbons (Fsp3) is 0.318. The second kappa shape index (κ2) is 7.46.